The standard InChI is InChI=1S/C19H27N5O/c1-14-5-4-6-17(16(14)3)22-19-21-15(2)13-18(23-19)20-7-8-24-9-11-25-12-10-24/h4-6,13H,7-12H2,1-3H3,(H2,20,21,22,23). The maximum absolute atomic E-state index is 5.38. The first-order valence-electron chi connectivity index (χ1n) is 8.85. The van der Waals surface area contributed by atoms with Crippen LogP contribution in [0.1, 0.15) is 16.8 Å². The highest BCUT2D eigenvalue weighted by Crippen LogP contribution is 2.21. The van der Waals surface area contributed by atoms with Crippen LogP contribution in [0.15, 0.2) is 24.3 Å². The van der Waals surface area contributed by atoms with Crippen LogP contribution in [-0.2, 0) is 4.74 Å². The molecule has 1 aliphatic rings. The van der Waals surface area contributed by atoms with Crippen molar-refractivity contribution in [3.8, 4) is 0 Å². The van der Waals surface area contributed by atoms with E-state index in [1.54, 1.807) is 0 Å². The molecule has 0 aliphatic carbocycles. The van der Waals surface area contributed by atoms with Crippen molar-refractivity contribution in [1.82, 2.24) is 14.9 Å². The van der Waals surface area contributed by atoms with Crippen molar-refractivity contribution >= 4 is 17.5 Å². The zero-order valence-electron chi connectivity index (χ0n) is 15.3. The molecule has 3 rings (SSSR count). The number of nitrogens with one attached hydrogen (secondary N) is 2. The largest absolute Gasteiger partial charge is 0.379 e. The monoisotopic (exact) mass is 341 g/mol. The number of aryl methyl sites for hydroxylation is 2. The van der Waals surface area contributed by atoms with Gasteiger partial charge in [0.05, 0.1) is 13.2 Å². The number of aromatic nitrogens is 2. The molecule has 1 saturated heterocycles. The molecule has 134 valence electrons. The second-order valence-corrected chi connectivity index (χ2v) is 6.47. The predicted molar refractivity (Wildman–Crippen MR) is 102 cm³/mol. The third-order valence-corrected chi connectivity index (χ3v) is 4.54. The number of rotatable bonds is 6. The van der Waals surface area contributed by atoms with E-state index in [-0.39, 0.29) is 0 Å². The molecule has 0 amide bonds. The van der Waals surface area contributed by atoms with Crippen molar-refractivity contribution in [3.05, 3.63) is 41.1 Å². The normalized spacial score (nSPS) is 15.2. The Labute approximate surface area is 149 Å². The van der Waals surface area contributed by atoms with Crippen LogP contribution in [0.5, 0.6) is 0 Å². The van der Waals surface area contributed by atoms with Gasteiger partial charge in [-0.3, -0.25) is 4.90 Å². The van der Waals surface area contributed by atoms with Gasteiger partial charge in [0.2, 0.25) is 5.95 Å². The molecule has 1 aromatic carbocycles. The van der Waals surface area contributed by atoms with Gasteiger partial charge < -0.3 is 15.4 Å². The summed E-state index contributed by atoms with van der Waals surface area (Å²) in [6.07, 6.45) is 0. The fraction of sp³-hybridized carbons (Fsp3) is 0.474. The fourth-order valence-electron chi connectivity index (χ4n) is 2.89. The maximum atomic E-state index is 5.38. The molecule has 2 aromatic rings. The second-order valence-electron chi connectivity index (χ2n) is 6.47. The minimum absolute atomic E-state index is 0.627. The minimum Gasteiger partial charge on any atom is -0.379 e. The molecule has 0 atom stereocenters. The number of hydrogen-bond donors (Lipinski definition) is 2. The van der Waals surface area contributed by atoms with Gasteiger partial charge >= 0.3 is 0 Å². The number of hydrogen-bond acceptors (Lipinski definition) is 6. The predicted octanol–water partition coefficient (Wildman–Crippen LogP) is 2.89. The Bertz CT molecular complexity index is 713. The first-order valence-corrected chi connectivity index (χ1v) is 8.85. The Morgan fingerprint density at radius 2 is 1.92 bits per heavy atom. The van der Waals surface area contributed by atoms with Gasteiger partial charge in [-0.25, -0.2) is 4.98 Å². The van der Waals surface area contributed by atoms with Crippen molar-refractivity contribution in [2.45, 2.75) is 20.8 Å². The van der Waals surface area contributed by atoms with Crippen LogP contribution in [0, 0.1) is 20.8 Å². The Balaban J connectivity index is 1.62. The molecule has 6 heteroatoms. The molecular formula is C19H27N5O. The molecule has 25 heavy (non-hydrogen) atoms. The topological polar surface area (TPSA) is 62.3 Å². The molecule has 0 bridgehead atoms. The van der Waals surface area contributed by atoms with Crippen LogP contribution in [0.4, 0.5) is 17.5 Å². The van der Waals surface area contributed by atoms with Crippen molar-refractivity contribution in [2.75, 3.05) is 50.0 Å². The lowest BCUT2D eigenvalue weighted by Crippen LogP contribution is -2.39. The third-order valence-electron chi connectivity index (χ3n) is 4.54. The molecule has 0 saturated carbocycles. The number of anilines is 3. The lowest BCUT2D eigenvalue weighted by molar-refractivity contribution is 0.0398. The SMILES string of the molecule is Cc1cc(NCCN2CCOCC2)nc(Nc2cccc(C)c2C)n1. The molecule has 0 spiro atoms. The summed E-state index contributed by atoms with van der Waals surface area (Å²) in [7, 11) is 0. The van der Waals surface area contributed by atoms with Crippen LogP contribution >= 0.6 is 0 Å². The Kier molecular flexibility index (Phi) is 5.83. The highest BCUT2D eigenvalue weighted by molar-refractivity contribution is 5.61. The molecule has 1 fully saturated rings. The molecule has 2 N–H and O–H groups in total. The Morgan fingerprint density at radius 3 is 2.72 bits per heavy atom. The van der Waals surface area contributed by atoms with Gasteiger partial charge in [-0.2, -0.15) is 4.98 Å². The third kappa shape index (κ3) is 4.90. The van der Waals surface area contributed by atoms with Gasteiger partial charge in [0.15, 0.2) is 0 Å². The van der Waals surface area contributed by atoms with E-state index in [9.17, 15) is 0 Å². The summed E-state index contributed by atoms with van der Waals surface area (Å²) in [5.74, 6) is 1.48. The van der Waals surface area contributed by atoms with Gasteiger partial charge in [0.25, 0.3) is 0 Å². The first-order chi connectivity index (χ1) is 12.1. The molecule has 0 radical (unpaired) electrons. The van der Waals surface area contributed by atoms with E-state index >= 15 is 0 Å². The molecule has 1 aliphatic heterocycles. The van der Waals surface area contributed by atoms with Gasteiger partial charge in [-0.1, -0.05) is 12.1 Å². The summed E-state index contributed by atoms with van der Waals surface area (Å²) in [6.45, 7) is 11.7. The number of morpholine rings is 1. The van der Waals surface area contributed by atoms with Crippen LogP contribution in [0.3, 0.4) is 0 Å². The average molecular weight is 341 g/mol. The van der Waals surface area contributed by atoms with E-state index in [1.807, 2.05) is 19.1 Å². The highest BCUT2D eigenvalue weighted by Gasteiger charge is 2.10. The van der Waals surface area contributed by atoms with Gasteiger partial charge in [-0.15, -0.1) is 0 Å². The molecular weight excluding hydrogens is 314 g/mol. The Morgan fingerprint density at radius 1 is 1.12 bits per heavy atom. The molecule has 2 heterocycles. The van der Waals surface area contributed by atoms with Gasteiger partial charge in [0, 0.05) is 43.6 Å². The maximum Gasteiger partial charge on any atom is 0.229 e. The quantitative estimate of drug-likeness (QED) is 0.842. The average Bonchev–Trinajstić information content (AvgIpc) is 2.59. The van der Waals surface area contributed by atoms with E-state index < -0.39 is 0 Å². The Hall–Kier alpha value is -2.18. The summed E-state index contributed by atoms with van der Waals surface area (Å²) in [5.41, 5.74) is 4.46. The first kappa shape index (κ1) is 17.6. The highest BCUT2D eigenvalue weighted by atomic mass is 16.5. The lowest BCUT2D eigenvalue weighted by atomic mass is 10.1. The van der Waals surface area contributed by atoms with Gasteiger partial charge in [-0.05, 0) is 38.0 Å². The van der Waals surface area contributed by atoms with Crippen LogP contribution in [-0.4, -0.2) is 54.3 Å². The number of ether oxygens (including phenoxy) is 1. The van der Waals surface area contributed by atoms with Crippen LogP contribution < -0.4 is 10.6 Å². The molecule has 0 unspecified atom stereocenters. The number of nitrogens with zero attached hydrogens (tertiary/aromatic N) is 3. The fourth-order valence-corrected chi connectivity index (χ4v) is 2.89. The van der Waals surface area contributed by atoms with E-state index in [0.717, 1.165) is 56.6 Å². The lowest BCUT2D eigenvalue weighted by Gasteiger charge is -2.26. The van der Waals surface area contributed by atoms with E-state index in [2.05, 4.69) is 51.5 Å². The number of benzene rings is 1. The van der Waals surface area contributed by atoms with Gasteiger partial charge in [0.1, 0.15) is 5.82 Å². The summed E-state index contributed by atoms with van der Waals surface area (Å²) >= 11 is 0. The zero-order valence-corrected chi connectivity index (χ0v) is 15.3. The zero-order chi connectivity index (χ0) is 17.6. The molecule has 6 nitrogen and oxygen atoms in total. The summed E-state index contributed by atoms with van der Waals surface area (Å²) in [6, 6.07) is 8.19. The second kappa shape index (κ2) is 8.27. The van der Waals surface area contributed by atoms with E-state index in [1.165, 1.54) is 11.1 Å². The van der Waals surface area contributed by atoms with Crippen molar-refractivity contribution in [3.63, 3.8) is 0 Å². The smallest absolute Gasteiger partial charge is 0.229 e. The van der Waals surface area contributed by atoms with Crippen molar-refractivity contribution in [2.24, 2.45) is 0 Å². The van der Waals surface area contributed by atoms with E-state index in [4.69, 9.17) is 4.74 Å². The summed E-state index contributed by atoms with van der Waals surface area (Å²) in [5, 5.41) is 6.76. The van der Waals surface area contributed by atoms with Crippen LogP contribution in [0.25, 0.3) is 0 Å². The molecule has 1 aromatic heterocycles. The van der Waals surface area contributed by atoms with Crippen LogP contribution in [0.2, 0.25) is 0 Å². The minimum atomic E-state index is 0.627. The summed E-state index contributed by atoms with van der Waals surface area (Å²) in [4.78, 5) is 11.5. The van der Waals surface area contributed by atoms with E-state index in [0.29, 0.717) is 5.95 Å². The van der Waals surface area contributed by atoms with Crippen molar-refractivity contribution in [1.29, 1.82) is 0 Å². The summed E-state index contributed by atoms with van der Waals surface area (Å²) < 4.78 is 5.38. The van der Waals surface area contributed by atoms with Crippen molar-refractivity contribution < 1.29 is 4.74 Å².